The van der Waals surface area contributed by atoms with Gasteiger partial charge in [0.1, 0.15) is 64.8 Å². The fourth-order valence-corrected chi connectivity index (χ4v) is 3.88. The Labute approximate surface area is 188 Å². The van der Waals surface area contributed by atoms with Gasteiger partial charge in [0.15, 0.2) is 5.78 Å². The Morgan fingerprint density at radius 3 is 2.39 bits per heavy atom. The number of carbonyl (C=O) groups excluding carboxylic acids is 1. The van der Waals surface area contributed by atoms with E-state index in [0.29, 0.717) is 11.3 Å². The highest BCUT2D eigenvalue weighted by atomic mass is 16.7. The van der Waals surface area contributed by atoms with Gasteiger partial charge in [-0.1, -0.05) is 0 Å². The van der Waals surface area contributed by atoms with Crippen LogP contribution in [0.5, 0.6) is 28.7 Å². The van der Waals surface area contributed by atoms with Crippen molar-refractivity contribution in [3.05, 3.63) is 41.5 Å². The van der Waals surface area contributed by atoms with Crippen molar-refractivity contribution < 1.29 is 54.4 Å². The number of Topliss-reactive ketones (excluding diaryl/α,β-unsaturated/α-hetero) is 1. The number of methoxy groups -OCH3 is 1. The molecular formula is C22H24O11. The average Bonchev–Trinajstić information content (AvgIpc) is 2.78. The van der Waals surface area contributed by atoms with Crippen LogP contribution in [0.15, 0.2) is 30.3 Å². The monoisotopic (exact) mass is 464 g/mol. The van der Waals surface area contributed by atoms with E-state index in [2.05, 4.69) is 0 Å². The zero-order valence-corrected chi connectivity index (χ0v) is 17.5. The molecule has 2 heterocycles. The standard InChI is InChI=1S/C22H24O11/c1-30-9-2-3-11(12(24)4-9)15-7-14(26)18-13(25)5-10(6-16(18)32-15)31-22-21(29)20(28)19(27)17(8-23)33-22/h2-6,15,17,19-25,27-29H,7-8H2,1H3/t15-,17+,19-,20-,21+,22-/m0/s1. The molecule has 0 bridgehead atoms. The van der Waals surface area contributed by atoms with Crippen molar-refractivity contribution in [2.45, 2.75) is 43.2 Å². The zero-order valence-electron chi connectivity index (χ0n) is 17.5. The summed E-state index contributed by atoms with van der Waals surface area (Å²) in [7, 11) is 1.45. The lowest BCUT2D eigenvalue weighted by atomic mass is 9.95. The van der Waals surface area contributed by atoms with Crippen LogP contribution < -0.4 is 14.2 Å². The van der Waals surface area contributed by atoms with Gasteiger partial charge in [-0.2, -0.15) is 0 Å². The number of aliphatic hydroxyl groups excluding tert-OH is 4. The highest BCUT2D eigenvalue weighted by Gasteiger charge is 2.45. The smallest absolute Gasteiger partial charge is 0.229 e. The molecule has 6 atom stereocenters. The van der Waals surface area contributed by atoms with E-state index in [1.54, 1.807) is 12.1 Å². The maximum absolute atomic E-state index is 12.7. The largest absolute Gasteiger partial charge is 0.507 e. The van der Waals surface area contributed by atoms with Crippen LogP contribution in [-0.2, 0) is 4.74 Å². The molecule has 0 radical (unpaired) electrons. The molecule has 0 unspecified atom stereocenters. The minimum Gasteiger partial charge on any atom is -0.507 e. The van der Waals surface area contributed by atoms with Gasteiger partial charge in [-0.25, -0.2) is 0 Å². The van der Waals surface area contributed by atoms with Crippen LogP contribution >= 0.6 is 0 Å². The molecule has 33 heavy (non-hydrogen) atoms. The van der Waals surface area contributed by atoms with Gasteiger partial charge in [0.05, 0.1) is 20.1 Å². The molecule has 0 aliphatic carbocycles. The Balaban J connectivity index is 1.60. The van der Waals surface area contributed by atoms with Crippen molar-refractivity contribution in [1.82, 2.24) is 0 Å². The number of aromatic hydroxyl groups is 2. The van der Waals surface area contributed by atoms with E-state index < -0.39 is 54.9 Å². The van der Waals surface area contributed by atoms with E-state index in [-0.39, 0.29) is 29.2 Å². The second-order valence-corrected chi connectivity index (χ2v) is 7.79. The van der Waals surface area contributed by atoms with Crippen LogP contribution in [0.1, 0.15) is 28.4 Å². The van der Waals surface area contributed by atoms with Crippen LogP contribution in [0.25, 0.3) is 0 Å². The number of rotatable bonds is 5. The Morgan fingerprint density at radius 1 is 1.00 bits per heavy atom. The van der Waals surface area contributed by atoms with E-state index in [1.807, 2.05) is 0 Å². The Morgan fingerprint density at radius 2 is 1.73 bits per heavy atom. The molecule has 0 saturated carbocycles. The van der Waals surface area contributed by atoms with Gasteiger partial charge in [0.25, 0.3) is 0 Å². The number of aliphatic hydroxyl groups is 4. The number of ether oxygens (including phenoxy) is 4. The lowest BCUT2D eigenvalue weighted by Crippen LogP contribution is -2.60. The quantitative estimate of drug-likeness (QED) is 0.351. The second kappa shape index (κ2) is 9.04. The molecule has 1 saturated heterocycles. The number of benzene rings is 2. The molecular weight excluding hydrogens is 440 g/mol. The third-order valence-corrected chi connectivity index (χ3v) is 5.66. The summed E-state index contributed by atoms with van der Waals surface area (Å²) in [6.45, 7) is -0.634. The summed E-state index contributed by atoms with van der Waals surface area (Å²) < 4.78 is 21.7. The molecule has 4 rings (SSSR count). The summed E-state index contributed by atoms with van der Waals surface area (Å²) in [5.41, 5.74) is 0.273. The molecule has 2 aliphatic heterocycles. The van der Waals surface area contributed by atoms with E-state index in [0.717, 1.165) is 6.07 Å². The minimum atomic E-state index is -1.66. The van der Waals surface area contributed by atoms with Crippen molar-refractivity contribution in [2.75, 3.05) is 13.7 Å². The van der Waals surface area contributed by atoms with Crippen molar-refractivity contribution in [3.63, 3.8) is 0 Å². The first-order valence-electron chi connectivity index (χ1n) is 10.1. The zero-order chi connectivity index (χ0) is 23.9. The number of hydrogen-bond acceptors (Lipinski definition) is 11. The fourth-order valence-electron chi connectivity index (χ4n) is 3.88. The first-order valence-corrected chi connectivity index (χ1v) is 10.1. The number of hydrogen-bond donors (Lipinski definition) is 6. The normalized spacial score (nSPS) is 29.2. The molecule has 6 N–H and O–H groups in total. The van der Waals surface area contributed by atoms with Crippen molar-refractivity contribution in [2.24, 2.45) is 0 Å². The van der Waals surface area contributed by atoms with Crippen LogP contribution in [-0.4, -0.2) is 80.8 Å². The summed E-state index contributed by atoms with van der Waals surface area (Å²) in [6.07, 6.45) is -8.51. The Kier molecular flexibility index (Phi) is 6.32. The summed E-state index contributed by atoms with van der Waals surface area (Å²) in [6, 6.07) is 6.96. The fraction of sp³-hybridized carbons (Fsp3) is 0.409. The van der Waals surface area contributed by atoms with E-state index >= 15 is 0 Å². The predicted molar refractivity (Wildman–Crippen MR) is 109 cm³/mol. The first kappa shape index (κ1) is 23.1. The summed E-state index contributed by atoms with van der Waals surface area (Å²) >= 11 is 0. The van der Waals surface area contributed by atoms with Crippen LogP contribution in [0.4, 0.5) is 0 Å². The van der Waals surface area contributed by atoms with Gasteiger partial charge < -0.3 is 49.6 Å². The van der Waals surface area contributed by atoms with Crippen LogP contribution in [0.2, 0.25) is 0 Å². The molecule has 2 aromatic carbocycles. The molecule has 2 aliphatic rings. The number of fused-ring (bicyclic) bond motifs is 1. The van der Waals surface area contributed by atoms with E-state index in [1.165, 1.54) is 19.2 Å². The molecule has 178 valence electrons. The van der Waals surface area contributed by atoms with Crippen LogP contribution in [0.3, 0.4) is 0 Å². The highest BCUT2D eigenvalue weighted by molar-refractivity contribution is 6.02. The highest BCUT2D eigenvalue weighted by Crippen LogP contribution is 2.44. The van der Waals surface area contributed by atoms with E-state index in [4.69, 9.17) is 18.9 Å². The average molecular weight is 464 g/mol. The molecule has 0 amide bonds. The predicted octanol–water partition coefficient (Wildman–Crippen LogP) is -0.00840. The van der Waals surface area contributed by atoms with Gasteiger partial charge in [0, 0.05) is 23.8 Å². The number of carbonyl (C=O) groups is 1. The topological polar surface area (TPSA) is 175 Å². The van der Waals surface area contributed by atoms with E-state index in [9.17, 15) is 35.4 Å². The van der Waals surface area contributed by atoms with Gasteiger partial charge in [-0.3, -0.25) is 4.79 Å². The minimum absolute atomic E-state index is 0.0222. The van der Waals surface area contributed by atoms with Gasteiger partial charge in [-0.05, 0) is 12.1 Å². The third kappa shape index (κ3) is 4.28. The number of phenolic OH excluding ortho intramolecular Hbond substituents is 2. The molecule has 1 fully saturated rings. The Hall–Kier alpha value is -3.09. The van der Waals surface area contributed by atoms with Gasteiger partial charge in [0.2, 0.25) is 6.29 Å². The Bertz CT molecular complexity index is 1040. The van der Waals surface area contributed by atoms with Gasteiger partial charge >= 0.3 is 0 Å². The van der Waals surface area contributed by atoms with Gasteiger partial charge in [-0.15, -0.1) is 0 Å². The second-order valence-electron chi connectivity index (χ2n) is 7.79. The lowest BCUT2D eigenvalue weighted by Gasteiger charge is -2.39. The first-order chi connectivity index (χ1) is 15.7. The maximum Gasteiger partial charge on any atom is 0.229 e. The summed E-state index contributed by atoms with van der Waals surface area (Å²) in [5.74, 6) is -0.655. The summed E-state index contributed by atoms with van der Waals surface area (Å²) in [5, 5.41) is 60.0. The van der Waals surface area contributed by atoms with Crippen LogP contribution in [0, 0.1) is 0 Å². The molecule has 0 spiro atoms. The summed E-state index contributed by atoms with van der Waals surface area (Å²) in [4.78, 5) is 12.7. The molecule has 0 aromatic heterocycles. The molecule has 11 nitrogen and oxygen atoms in total. The third-order valence-electron chi connectivity index (χ3n) is 5.66. The number of ketones is 1. The molecule has 11 heteroatoms. The SMILES string of the molecule is COc1ccc([C@@H]2CC(=O)c3c(O)cc(O[C@H]4O[C@H](CO)[C@H](O)[C@H](O)[C@H]4O)cc3O2)c(O)c1. The number of phenols is 2. The molecule has 2 aromatic rings. The van der Waals surface area contributed by atoms with Crippen molar-refractivity contribution >= 4 is 5.78 Å². The van der Waals surface area contributed by atoms with Crippen molar-refractivity contribution in [3.8, 4) is 28.7 Å². The maximum atomic E-state index is 12.7. The lowest BCUT2D eigenvalue weighted by molar-refractivity contribution is -0.277. The van der Waals surface area contributed by atoms with Crippen molar-refractivity contribution in [1.29, 1.82) is 0 Å².